The number of ether oxygens (including phenoxy) is 1. The van der Waals surface area contributed by atoms with Gasteiger partial charge in [0, 0.05) is 13.1 Å². The van der Waals surface area contributed by atoms with Gasteiger partial charge in [-0.2, -0.15) is 0 Å². The lowest BCUT2D eigenvalue weighted by atomic mass is 9.87. The largest absolute Gasteiger partial charge is 0.459 e. The molecule has 0 spiro atoms. The number of hydrogen-bond donors (Lipinski definition) is 1. The van der Waals surface area contributed by atoms with E-state index in [9.17, 15) is 14.4 Å². The molecule has 1 saturated heterocycles. The number of nitrogens with zero attached hydrogens (tertiary/aromatic N) is 1. The molecule has 4 rings (SSSR count). The monoisotopic (exact) mass is 424 g/mol. The number of amides is 2. The summed E-state index contributed by atoms with van der Waals surface area (Å²) in [5.41, 5.74) is 2.41. The molecule has 0 saturated carbocycles. The summed E-state index contributed by atoms with van der Waals surface area (Å²) in [4.78, 5) is 39.3. The average molecular weight is 424 g/mol. The van der Waals surface area contributed by atoms with Crippen LogP contribution in [-0.2, 0) is 20.7 Å². The summed E-state index contributed by atoms with van der Waals surface area (Å²) in [6.45, 7) is 2.52. The molecule has 7 heteroatoms. The molecule has 7 nitrogen and oxygen atoms in total. The summed E-state index contributed by atoms with van der Waals surface area (Å²) in [5, 5.41) is 3.04. The average Bonchev–Trinajstić information content (AvgIpc) is 3.34. The van der Waals surface area contributed by atoms with E-state index >= 15 is 0 Å². The first-order chi connectivity index (χ1) is 15.0. The molecule has 0 radical (unpaired) electrons. The van der Waals surface area contributed by atoms with Crippen molar-refractivity contribution >= 4 is 17.8 Å². The molecule has 2 aromatic rings. The fourth-order valence-corrected chi connectivity index (χ4v) is 4.39. The zero-order valence-electron chi connectivity index (χ0n) is 17.7. The molecule has 0 bridgehead atoms. The highest BCUT2D eigenvalue weighted by molar-refractivity contribution is 5.91. The number of nitrogens with one attached hydrogen (secondary N) is 1. The minimum absolute atomic E-state index is 0.0468. The van der Waals surface area contributed by atoms with Crippen molar-refractivity contribution in [1.29, 1.82) is 0 Å². The van der Waals surface area contributed by atoms with Crippen molar-refractivity contribution in [3.05, 3.63) is 59.5 Å². The first-order valence-electron chi connectivity index (χ1n) is 10.9. The second-order valence-electron chi connectivity index (χ2n) is 8.28. The molecule has 1 N–H and O–H groups in total. The van der Waals surface area contributed by atoms with Gasteiger partial charge in [0.2, 0.25) is 0 Å². The molecule has 2 aliphatic rings. The van der Waals surface area contributed by atoms with Gasteiger partial charge in [-0.05, 0) is 62.3 Å². The number of benzene rings is 1. The van der Waals surface area contributed by atoms with Crippen molar-refractivity contribution in [3.63, 3.8) is 0 Å². The lowest BCUT2D eigenvalue weighted by molar-refractivity contribution is -0.160. The van der Waals surface area contributed by atoms with Gasteiger partial charge in [0.25, 0.3) is 11.8 Å². The molecule has 1 fully saturated rings. The van der Waals surface area contributed by atoms with Gasteiger partial charge < -0.3 is 19.4 Å². The van der Waals surface area contributed by atoms with Gasteiger partial charge in [-0.15, -0.1) is 0 Å². The molecule has 2 heterocycles. The van der Waals surface area contributed by atoms with E-state index in [1.807, 2.05) is 18.2 Å². The number of piperidine rings is 1. The van der Waals surface area contributed by atoms with Crippen LogP contribution in [-0.4, -0.2) is 41.9 Å². The van der Waals surface area contributed by atoms with Crippen LogP contribution in [0.5, 0.6) is 0 Å². The molecule has 0 unspecified atom stereocenters. The highest BCUT2D eigenvalue weighted by Gasteiger charge is 2.32. The minimum Gasteiger partial charge on any atom is -0.459 e. The first kappa shape index (κ1) is 21.2. The smallest absolute Gasteiger partial charge is 0.309 e. The molecule has 2 amide bonds. The number of aryl methyl sites for hydroxylation is 1. The fourth-order valence-electron chi connectivity index (χ4n) is 4.39. The van der Waals surface area contributed by atoms with Crippen molar-refractivity contribution in [2.24, 2.45) is 5.92 Å². The van der Waals surface area contributed by atoms with Crippen LogP contribution in [0.25, 0.3) is 0 Å². The second kappa shape index (κ2) is 9.37. The summed E-state index contributed by atoms with van der Waals surface area (Å²) in [7, 11) is 0. The Hall–Kier alpha value is -3.09. The van der Waals surface area contributed by atoms with Crippen molar-refractivity contribution in [1.82, 2.24) is 10.2 Å². The Bertz CT molecular complexity index is 931. The maximum absolute atomic E-state index is 12.7. The highest BCUT2D eigenvalue weighted by Crippen LogP contribution is 2.29. The quantitative estimate of drug-likeness (QED) is 0.745. The maximum atomic E-state index is 12.7. The molecule has 1 aromatic carbocycles. The van der Waals surface area contributed by atoms with E-state index < -0.39 is 6.10 Å². The number of carbonyl (C=O) groups excluding carboxylic acids is 3. The summed E-state index contributed by atoms with van der Waals surface area (Å²) < 4.78 is 10.6. The lowest BCUT2D eigenvalue weighted by Crippen LogP contribution is -2.43. The van der Waals surface area contributed by atoms with Gasteiger partial charge in [-0.1, -0.05) is 24.3 Å². The van der Waals surface area contributed by atoms with E-state index in [0.29, 0.717) is 31.7 Å². The normalized spacial score (nSPS) is 19.9. The van der Waals surface area contributed by atoms with Gasteiger partial charge in [-0.3, -0.25) is 14.4 Å². The van der Waals surface area contributed by atoms with Crippen molar-refractivity contribution in [2.45, 2.75) is 51.2 Å². The Kier molecular flexibility index (Phi) is 6.39. The van der Waals surface area contributed by atoms with Crippen LogP contribution in [0, 0.1) is 5.92 Å². The van der Waals surface area contributed by atoms with Crippen LogP contribution < -0.4 is 5.32 Å². The van der Waals surface area contributed by atoms with Gasteiger partial charge >= 0.3 is 5.97 Å². The van der Waals surface area contributed by atoms with Crippen LogP contribution in [0.1, 0.15) is 60.3 Å². The molecule has 1 aliphatic carbocycles. The third kappa shape index (κ3) is 4.81. The number of likely N-dealkylation sites (tertiary alicyclic amines) is 1. The number of hydrogen-bond acceptors (Lipinski definition) is 5. The van der Waals surface area contributed by atoms with Gasteiger partial charge in [0.15, 0.2) is 11.9 Å². The molecular weight excluding hydrogens is 396 g/mol. The lowest BCUT2D eigenvalue weighted by Gasteiger charge is -2.31. The van der Waals surface area contributed by atoms with Gasteiger partial charge in [0.1, 0.15) is 0 Å². The maximum Gasteiger partial charge on any atom is 0.309 e. The fraction of sp³-hybridized carbons (Fsp3) is 0.458. The highest BCUT2D eigenvalue weighted by atomic mass is 16.5. The number of carbonyl (C=O) groups is 3. The van der Waals surface area contributed by atoms with E-state index in [-0.39, 0.29) is 29.7 Å². The van der Waals surface area contributed by atoms with Crippen molar-refractivity contribution < 1.29 is 23.5 Å². The van der Waals surface area contributed by atoms with E-state index in [2.05, 4.69) is 11.4 Å². The molecule has 31 heavy (non-hydrogen) atoms. The molecular formula is C24H28N2O5. The van der Waals surface area contributed by atoms with Crippen LogP contribution in [0.3, 0.4) is 0 Å². The SMILES string of the molecule is C[C@H](OC(=O)C1CCN(C(=O)c2ccco2)CC1)C(=O)N[C@H]1CCCc2ccccc21. The molecule has 1 aromatic heterocycles. The Morgan fingerprint density at radius 3 is 2.61 bits per heavy atom. The van der Waals surface area contributed by atoms with Crippen molar-refractivity contribution in [2.75, 3.05) is 13.1 Å². The van der Waals surface area contributed by atoms with Crippen LogP contribution in [0.2, 0.25) is 0 Å². The first-order valence-corrected chi connectivity index (χ1v) is 10.9. The molecule has 2 atom stereocenters. The summed E-state index contributed by atoms with van der Waals surface area (Å²) in [5.74, 6) is -0.837. The summed E-state index contributed by atoms with van der Waals surface area (Å²) in [6, 6.07) is 11.4. The summed E-state index contributed by atoms with van der Waals surface area (Å²) >= 11 is 0. The predicted octanol–water partition coefficient (Wildman–Crippen LogP) is 3.26. The Morgan fingerprint density at radius 1 is 1.10 bits per heavy atom. The minimum atomic E-state index is -0.857. The Balaban J connectivity index is 1.26. The third-order valence-electron chi connectivity index (χ3n) is 6.20. The van der Waals surface area contributed by atoms with E-state index in [1.165, 1.54) is 11.8 Å². The topological polar surface area (TPSA) is 88.8 Å². The second-order valence-corrected chi connectivity index (χ2v) is 8.28. The van der Waals surface area contributed by atoms with Gasteiger partial charge in [0.05, 0.1) is 18.2 Å². The van der Waals surface area contributed by atoms with E-state index in [4.69, 9.17) is 9.15 Å². The molecule has 1 aliphatic heterocycles. The third-order valence-corrected chi connectivity index (χ3v) is 6.20. The van der Waals surface area contributed by atoms with Crippen LogP contribution >= 0.6 is 0 Å². The number of rotatable bonds is 5. The Labute approximate surface area is 181 Å². The summed E-state index contributed by atoms with van der Waals surface area (Å²) in [6.07, 6.45) is 4.55. The zero-order chi connectivity index (χ0) is 21.8. The zero-order valence-corrected chi connectivity index (χ0v) is 17.7. The van der Waals surface area contributed by atoms with Crippen LogP contribution in [0.4, 0.5) is 0 Å². The van der Waals surface area contributed by atoms with E-state index in [1.54, 1.807) is 24.0 Å². The van der Waals surface area contributed by atoms with E-state index in [0.717, 1.165) is 24.8 Å². The predicted molar refractivity (Wildman–Crippen MR) is 113 cm³/mol. The number of furan rings is 1. The Morgan fingerprint density at radius 2 is 1.87 bits per heavy atom. The standard InChI is InChI=1S/C24H28N2O5/c1-16(22(27)25-20-9-4-7-17-6-2-3-8-19(17)20)31-24(29)18-11-13-26(14-12-18)23(28)21-10-5-15-30-21/h2-3,5-6,8,10,15-16,18,20H,4,7,9,11-14H2,1H3,(H,25,27)/t16-,20-/m0/s1. The van der Waals surface area contributed by atoms with Crippen LogP contribution in [0.15, 0.2) is 47.1 Å². The van der Waals surface area contributed by atoms with Crippen molar-refractivity contribution in [3.8, 4) is 0 Å². The molecule has 164 valence electrons. The van der Waals surface area contributed by atoms with Gasteiger partial charge in [-0.25, -0.2) is 0 Å². The number of fused-ring (bicyclic) bond motifs is 1. The number of esters is 1.